The summed E-state index contributed by atoms with van der Waals surface area (Å²) in [6.45, 7) is 6.66. The Kier molecular flexibility index (Phi) is 6.14. The normalized spacial score (nSPS) is 10.2. The molecule has 0 fully saturated rings. The number of anilines is 1. The molecule has 0 saturated heterocycles. The molecule has 18 heavy (non-hydrogen) atoms. The largest absolute Gasteiger partial charge is 0.383 e. The number of methoxy groups -OCH3 is 1. The number of ether oxygens (including phenoxy) is 1. The highest BCUT2D eigenvalue weighted by Crippen LogP contribution is 2.10. The van der Waals surface area contributed by atoms with Gasteiger partial charge in [-0.25, -0.2) is 0 Å². The highest BCUT2D eigenvalue weighted by molar-refractivity contribution is 5.94. The van der Waals surface area contributed by atoms with Gasteiger partial charge in [0.2, 0.25) is 0 Å². The molecule has 1 rings (SSSR count). The summed E-state index contributed by atoms with van der Waals surface area (Å²) in [5.41, 5.74) is 1.45. The van der Waals surface area contributed by atoms with E-state index >= 15 is 0 Å². The summed E-state index contributed by atoms with van der Waals surface area (Å²) in [5.74, 6) is 0.0166. The molecule has 1 N–H and O–H groups in total. The molecule has 1 amide bonds. The zero-order chi connectivity index (χ0) is 13.4. The molecule has 0 aliphatic heterocycles. The van der Waals surface area contributed by atoms with Crippen molar-refractivity contribution >= 4 is 11.6 Å². The lowest BCUT2D eigenvalue weighted by Crippen LogP contribution is -2.30. The van der Waals surface area contributed by atoms with Crippen LogP contribution in [0.5, 0.6) is 0 Å². The molecule has 5 nitrogen and oxygen atoms in total. The minimum atomic E-state index is 0.0166. The molecule has 1 aromatic rings. The lowest BCUT2D eigenvalue weighted by Gasteiger charge is -2.18. The Bertz CT molecular complexity index is 378. The maximum atomic E-state index is 12.1. The highest BCUT2D eigenvalue weighted by atomic mass is 16.5. The first-order valence-electron chi connectivity index (χ1n) is 6.20. The van der Waals surface area contributed by atoms with Crippen molar-refractivity contribution in [2.75, 3.05) is 38.7 Å². The van der Waals surface area contributed by atoms with Gasteiger partial charge in [-0.2, -0.15) is 0 Å². The fourth-order valence-electron chi connectivity index (χ4n) is 1.64. The van der Waals surface area contributed by atoms with E-state index in [0.717, 1.165) is 5.69 Å². The number of nitrogens with zero attached hydrogens (tertiary/aromatic N) is 2. The van der Waals surface area contributed by atoms with Crippen LogP contribution in [0.15, 0.2) is 18.5 Å². The molecular formula is C13H21N3O2. The van der Waals surface area contributed by atoms with Crippen LogP contribution in [0.4, 0.5) is 5.69 Å². The van der Waals surface area contributed by atoms with Gasteiger partial charge in [-0.15, -0.1) is 0 Å². The van der Waals surface area contributed by atoms with E-state index < -0.39 is 0 Å². The van der Waals surface area contributed by atoms with Crippen molar-refractivity contribution in [3.05, 3.63) is 24.0 Å². The van der Waals surface area contributed by atoms with Gasteiger partial charge >= 0.3 is 0 Å². The summed E-state index contributed by atoms with van der Waals surface area (Å²) >= 11 is 0. The fraction of sp³-hybridized carbons (Fsp3) is 0.538. The molecule has 5 heteroatoms. The van der Waals surface area contributed by atoms with Crippen molar-refractivity contribution < 1.29 is 9.53 Å². The smallest absolute Gasteiger partial charge is 0.255 e. The predicted octanol–water partition coefficient (Wildman–Crippen LogP) is 1.62. The second-order valence-corrected chi connectivity index (χ2v) is 3.86. The number of carbonyl (C=O) groups is 1. The molecule has 0 radical (unpaired) electrons. The monoisotopic (exact) mass is 251 g/mol. The van der Waals surface area contributed by atoms with E-state index in [2.05, 4.69) is 10.3 Å². The van der Waals surface area contributed by atoms with Crippen molar-refractivity contribution in [1.29, 1.82) is 0 Å². The van der Waals surface area contributed by atoms with Gasteiger partial charge in [-0.1, -0.05) is 0 Å². The number of hydrogen-bond acceptors (Lipinski definition) is 4. The SMILES string of the molecule is CCN(CC)C(=O)c1cncc(NCCOC)c1. The maximum absolute atomic E-state index is 12.1. The number of aromatic nitrogens is 1. The van der Waals surface area contributed by atoms with Gasteiger partial charge in [0, 0.05) is 39.1 Å². The van der Waals surface area contributed by atoms with Crippen LogP contribution in [0.25, 0.3) is 0 Å². The van der Waals surface area contributed by atoms with E-state index in [-0.39, 0.29) is 5.91 Å². The molecule has 0 aliphatic rings. The minimum absolute atomic E-state index is 0.0166. The summed E-state index contributed by atoms with van der Waals surface area (Å²) in [6.07, 6.45) is 3.30. The van der Waals surface area contributed by atoms with Crippen molar-refractivity contribution in [1.82, 2.24) is 9.88 Å². The number of rotatable bonds is 7. The molecule has 1 aromatic heterocycles. The third-order valence-electron chi connectivity index (χ3n) is 2.67. The Hall–Kier alpha value is -1.62. The fourth-order valence-corrected chi connectivity index (χ4v) is 1.64. The van der Waals surface area contributed by atoms with Gasteiger partial charge in [0.25, 0.3) is 5.91 Å². The summed E-state index contributed by atoms with van der Waals surface area (Å²) in [7, 11) is 1.65. The minimum Gasteiger partial charge on any atom is -0.383 e. The van der Waals surface area contributed by atoms with E-state index in [1.54, 1.807) is 24.4 Å². The quantitative estimate of drug-likeness (QED) is 0.748. The average Bonchev–Trinajstić information content (AvgIpc) is 2.41. The highest BCUT2D eigenvalue weighted by Gasteiger charge is 2.12. The van der Waals surface area contributed by atoms with Crippen LogP contribution < -0.4 is 5.32 Å². The predicted molar refractivity (Wildman–Crippen MR) is 71.9 cm³/mol. The topological polar surface area (TPSA) is 54.5 Å². The summed E-state index contributed by atoms with van der Waals surface area (Å²) < 4.78 is 4.96. The Morgan fingerprint density at radius 3 is 2.72 bits per heavy atom. The maximum Gasteiger partial charge on any atom is 0.255 e. The Labute approximate surface area is 108 Å². The number of amides is 1. The summed E-state index contributed by atoms with van der Waals surface area (Å²) in [5, 5.41) is 3.16. The zero-order valence-corrected chi connectivity index (χ0v) is 11.3. The van der Waals surface area contributed by atoms with Gasteiger partial charge < -0.3 is 15.0 Å². The van der Waals surface area contributed by atoms with E-state index in [4.69, 9.17) is 4.74 Å². The number of pyridine rings is 1. The number of hydrogen-bond donors (Lipinski definition) is 1. The van der Waals surface area contributed by atoms with Crippen LogP contribution in [0.1, 0.15) is 24.2 Å². The number of carbonyl (C=O) groups excluding carboxylic acids is 1. The molecular weight excluding hydrogens is 230 g/mol. The van der Waals surface area contributed by atoms with Crippen LogP contribution in [0, 0.1) is 0 Å². The Morgan fingerprint density at radius 1 is 1.39 bits per heavy atom. The van der Waals surface area contributed by atoms with Crippen molar-refractivity contribution in [2.45, 2.75) is 13.8 Å². The first-order chi connectivity index (χ1) is 8.72. The molecule has 0 saturated carbocycles. The van der Waals surface area contributed by atoms with Crippen LogP contribution >= 0.6 is 0 Å². The van der Waals surface area contributed by atoms with E-state index in [0.29, 0.717) is 31.8 Å². The van der Waals surface area contributed by atoms with Gasteiger partial charge in [0.15, 0.2) is 0 Å². The van der Waals surface area contributed by atoms with Gasteiger partial charge in [0.05, 0.1) is 17.9 Å². The van der Waals surface area contributed by atoms with E-state index in [1.807, 2.05) is 19.9 Å². The zero-order valence-electron chi connectivity index (χ0n) is 11.3. The molecule has 100 valence electrons. The lowest BCUT2D eigenvalue weighted by molar-refractivity contribution is 0.0772. The third kappa shape index (κ3) is 4.00. The summed E-state index contributed by atoms with van der Waals surface area (Å²) in [6, 6.07) is 1.82. The van der Waals surface area contributed by atoms with Gasteiger partial charge in [-0.05, 0) is 19.9 Å². The van der Waals surface area contributed by atoms with Gasteiger partial charge in [0.1, 0.15) is 0 Å². The second kappa shape index (κ2) is 7.66. The van der Waals surface area contributed by atoms with Gasteiger partial charge in [-0.3, -0.25) is 9.78 Å². The van der Waals surface area contributed by atoms with Crippen molar-refractivity contribution in [2.24, 2.45) is 0 Å². The molecule has 0 spiro atoms. The van der Waals surface area contributed by atoms with Crippen LogP contribution in [-0.4, -0.2) is 49.1 Å². The Morgan fingerprint density at radius 2 is 2.11 bits per heavy atom. The van der Waals surface area contributed by atoms with Crippen molar-refractivity contribution in [3.8, 4) is 0 Å². The molecule has 0 aromatic carbocycles. The molecule has 0 atom stereocenters. The van der Waals surface area contributed by atoms with Crippen molar-refractivity contribution in [3.63, 3.8) is 0 Å². The standard InChI is InChI=1S/C13H21N3O2/c1-4-16(5-2)13(17)11-8-12(10-14-9-11)15-6-7-18-3/h8-10,15H,4-7H2,1-3H3. The molecule has 0 unspecified atom stereocenters. The first-order valence-corrected chi connectivity index (χ1v) is 6.20. The third-order valence-corrected chi connectivity index (χ3v) is 2.67. The van der Waals surface area contributed by atoms with Crippen LogP contribution in [0.2, 0.25) is 0 Å². The van der Waals surface area contributed by atoms with Crippen LogP contribution in [-0.2, 0) is 4.74 Å². The lowest BCUT2D eigenvalue weighted by atomic mass is 10.2. The second-order valence-electron chi connectivity index (χ2n) is 3.86. The van der Waals surface area contributed by atoms with E-state index in [9.17, 15) is 4.79 Å². The molecule has 0 aliphatic carbocycles. The molecule has 0 bridgehead atoms. The Balaban J connectivity index is 2.71. The van der Waals surface area contributed by atoms with E-state index in [1.165, 1.54) is 0 Å². The average molecular weight is 251 g/mol. The summed E-state index contributed by atoms with van der Waals surface area (Å²) in [4.78, 5) is 18.0. The first kappa shape index (κ1) is 14.4. The van der Waals surface area contributed by atoms with Crippen LogP contribution in [0.3, 0.4) is 0 Å². The molecule has 1 heterocycles. The number of nitrogens with one attached hydrogen (secondary N) is 1.